The Balaban J connectivity index is 1.26. The van der Waals surface area contributed by atoms with Gasteiger partial charge in [-0.25, -0.2) is 14.8 Å². The van der Waals surface area contributed by atoms with E-state index in [-0.39, 0.29) is 0 Å². The number of piperidine rings is 1. The minimum absolute atomic E-state index is 0.336. The van der Waals surface area contributed by atoms with Gasteiger partial charge in [-0.1, -0.05) is 24.3 Å². The molecule has 4 aromatic rings. The van der Waals surface area contributed by atoms with Crippen molar-refractivity contribution in [3.63, 3.8) is 0 Å². The van der Waals surface area contributed by atoms with Crippen molar-refractivity contribution in [2.45, 2.75) is 19.4 Å². The van der Waals surface area contributed by atoms with E-state index in [1.807, 2.05) is 41.9 Å². The standard InChI is InChI=1S/C25H25N5O2S/c31-25(32)30(15-19-16-33-17-27-19)14-18-9-12-29(13-10-18)24-7-3-6-23(28-24)21-8-11-26-22-5-2-1-4-20(21)22/h1-8,11,16-18H,9-10,12-15H2,(H,31,32). The van der Waals surface area contributed by atoms with Crippen molar-refractivity contribution in [1.82, 2.24) is 19.9 Å². The molecule has 0 atom stereocenters. The van der Waals surface area contributed by atoms with E-state index in [2.05, 4.69) is 33.1 Å². The van der Waals surface area contributed by atoms with E-state index in [0.717, 1.165) is 59.6 Å². The van der Waals surface area contributed by atoms with Crippen LogP contribution in [0.4, 0.5) is 10.6 Å². The van der Waals surface area contributed by atoms with Crippen molar-refractivity contribution in [3.8, 4) is 11.3 Å². The minimum atomic E-state index is -0.885. The van der Waals surface area contributed by atoms with Gasteiger partial charge in [0.2, 0.25) is 0 Å². The third-order valence-electron chi connectivity index (χ3n) is 6.18. The summed E-state index contributed by atoms with van der Waals surface area (Å²) in [6.07, 6.45) is 2.82. The molecule has 1 N–H and O–H groups in total. The van der Waals surface area contributed by atoms with Gasteiger partial charge in [0.25, 0.3) is 0 Å². The molecule has 3 aromatic heterocycles. The predicted molar refractivity (Wildman–Crippen MR) is 130 cm³/mol. The molecule has 0 radical (unpaired) electrons. The van der Waals surface area contributed by atoms with E-state index >= 15 is 0 Å². The molecule has 1 saturated heterocycles. The van der Waals surface area contributed by atoms with Crippen molar-refractivity contribution in [2.24, 2.45) is 5.92 Å². The summed E-state index contributed by atoms with van der Waals surface area (Å²) in [5.41, 5.74) is 5.53. The largest absolute Gasteiger partial charge is 0.465 e. The quantitative estimate of drug-likeness (QED) is 0.429. The van der Waals surface area contributed by atoms with Gasteiger partial charge in [0, 0.05) is 42.2 Å². The summed E-state index contributed by atoms with van der Waals surface area (Å²) in [4.78, 5) is 29.2. The Morgan fingerprint density at radius 2 is 1.94 bits per heavy atom. The van der Waals surface area contributed by atoms with Crippen molar-refractivity contribution < 1.29 is 9.90 Å². The first-order valence-electron chi connectivity index (χ1n) is 11.1. The normalized spacial score (nSPS) is 14.5. The number of thiazole rings is 1. The molecule has 1 aliphatic rings. The SMILES string of the molecule is O=C(O)N(Cc1cscn1)CC1CCN(c2cccc(-c3ccnc4ccccc34)n2)CC1. The molecule has 0 bridgehead atoms. The van der Waals surface area contributed by atoms with E-state index in [1.165, 1.54) is 16.2 Å². The van der Waals surface area contributed by atoms with E-state index in [4.69, 9.17) is 4.98 Å². The maximum atomic E-state index is 11.7. The zero-order chi connectivity index (χ0) is 22.6. The fourth-order valence-electron chi connectivity index (χ4n) is 4.45. The van der Waals surface area contributed by atoms with Crippen molar-refractivity contribution >= 4 is 34.2 Å². The molecule has 1 aromatic carbocycles. The van der Waals surface area contributed by atoms with Crippen LogP contribution < -0.4 is 4.90 Å². The van der Waals surface area contributed by atoms with Gasteiger partial charge in [-0.2, -0.15) is 0 Å². The van der Waals surface area contributed by atoms with E-state index in [0.29, 0.717) is 19.0 Å². The number of nitrogens with zero attached hydrogens (tertiary/aromatic N) is 5. The Labute approximate surface area is 196 Å². The van der Waals surface area contributed by atoms with Crippen LogP contribution in [0.3, 0.4) is 0 Å². The van der Waals surface area contributed by atoms with Crippen LogP contribution in [0.25, 0.3) is 22.2 Å². The third kappa shape index (κ3) is 4.80. The number of carbonyl (C=O) groups is 1. The molecule has 8 heteroatoms. The highest BCUT2D eigenvalue weighted by molar-refractivity contribution is 7.07. The molecule has 168 valence electrons. The number of hydrogen-bond donors (Lipinski definition) is 1. The summed E-state index contributed by atoms with van der Waals surface area (Å²) in [6.45, 7) is 2.62. The highest BCUT2D eigenvalue weighted by Crippen LogP contribution is 2.29. The molecule has 0 spiro atoms. The molecule has 4 heterocycles. The number of fused-ring (bicyclic) bond motifs is 1. The number of carboxylic acid groups (broad SMARTS) is 1. The zero-order valence-corrected chi connectivity index (χ0v) is 19.0. The first-order chi connectivity index (χ1) is 16.2. The molecule has 1 amide bonds. The lowest BCUT2D eigenvalue weighted by atomic mass is 9.96. The van der Waals surface area contributed by atoms with Crippen LogP contribution in [0.5, 0.6) is 0 Å². The number of benzene rings is 1. The summed E-state index contributed by atoms with van der Waals surface area (Å²) in [6, 6.07) is 16.3. The molecule has 33 heavy (non-hydrogen) atoms. The minimum Gasteiger partial charge on any atom is -0.465 e. The van der Waals surface area contributed by atoms with Crippen LogP contribution >= 0.6 is 11.3 Å². The van der Waals surface area contributed by atoms with Gasteiger partial charge in [-0.05, 0) is 43.0 Å². The first-order valence-corrected chi connectivity index (χ1v) is 12.0. The Bertz CT molecular complexity index is 1230. The Kier molecular flexibility index (Phi) is 6.17. The molecule has 5 rings (SSSR count). The van der Waals surface area contributed by atoms with Crippen LogP contribution in [-0.2, 0) is 6.54 Å². The van der Waals surface area contributed by atoms with Crippen LogP contribution in [0.15, 0.2) is 65.6 Å². The second-order valence-electron chi connectivity index (χ2n) is 8.33. The molecule has 0 unspecified atom stereocenters. The van der Waals surface area contributed by atoms with E-state index in [1.54, 1.807) is 5.51 Å². The summed E-state index contributed by atoms with van der Waals surface area (Å²) in [7, 11) is 0. The van der Waals surface area contributed by atoms with Gasteiger partial charge in [0.05, 0.1) is 29.0 Å². The van der Waals surface area contributed by atoms with Crippen molar-refractivity contribution in [2.75, 3.05) is 24.5 Å². The smallest absolute Gasteiger partial charge is 0.407 e. The van der Waals surface area contributed by atoms with Crippen molar-refractivity contribution in [1.29, 1.82) is 0 Å². The van der Waals surface area contributed by atoms with Gasteiger partial charge in [0.1, 0.15) is 5.82 Å². The molecule has 7 nitrogen and oxygen atoms in total. The number of aromatic nitrogens is 3. The molecule has 1 fully saturated rings. The lowest BCUT2D eigenvalue weighted by Gasteiger charge is -2.34. The number of amides is 1. The average Bonchev–Trinajstić information content (AvgIpc) is 3.37. The van der Waals surface area contributed by atoms with Crippen molar-refractivity contribution in [3.05, 3.63) is 71.3 Å². The van der Waals surface area contributed by atoms with Gasteiger partial charge < -0.3 is 14.9 Å². The fourth-order valence-corrected chi connectivity index (χ4v) is 5.00. The second kappa shape index (κ2) is 9.54. The lowest BCUT2D eigenvalue weighted by Crippen LogP contribution is -2.40. The number of para-hydroxylation sites is 1. The average molecular weight is 460 g/mol. The first kappa shape index (κ1) is 21.3. The molecule has 0 saturated carbocycles. The highest BCUT2D eigenvalue weighted by Gasteiger charge is 2.25. The van der Waals surface area contributed by atoms with E-state index in [9.17, 15) is 9.90 Å². The summed E-state index contributed by atoms with van der Waals surface area (Å²) >= 11 is 1.49. The maximum absolute atomic E-state index is 11.7. The lowest BCUT2D eigenvalue weighted by molar-refractivity contribution is 0.129. The second-order valence-corrected chi connectivity index (χ2v) is 9.05. The predicted octanol–water partition coefficient (Wildman–Crippen LogP) is 5.15. The van der Waals surface area contributed by atoms with Gasteiger partial charge in [0.15, 0.2) is 0 Å². The molecular formula is C25H25N5O2S. The monoisotopic (exact) mass is 459 g/mol. The fraction of sp³-hybridized carbons (Fsp3) is 0.280. The number of hydrogen-bond acceptors (Lipinski definition) is 6. The molecule has 1 aliphatic heterocycles. The number of rotatable bonds is 6. The third-order valence-corrected chi connectivity index (χ3v) is 6.82. The maximum Gasteiger partial charge on any atom is 0.407 e. The topological polar surface area (TPSA) is 82.5 Å². The number of anilines is 1. The number of pyridine rings is 2. The van der Waals surface area contributed by atoms with Gasteiger partial charge >= 0.3 is 6.09 Å². The van der Waals surface area contributed by atoms with Crippen LogP contribution in [0, 0.1) is 5.92 Å². The Morgan fingerprint density at radius 1 is 1.09 bits per heavy atom. The summed E-state index contributed by atoms with van der Waals surface area (Å²) < 4.78 is 0. The zero-order valence-electron chi connectivity index (χ0n) is 18.2. The summed E-state index contributed by atoms with van der Waals surface area (Å²) in [5.74, 6) is 1.30. The summed E-state index contributed by atoms with van der Waals surface area (Å²) in [5, 5.41) is 12.6. The van der Waals surface area contributed by atoms with Gasteiger partial charge in [-0.3, -0.25) is 4.98 Å². The van der Waals surface area contributed by atoms with Crippen LogP contribution in [0.2, 0.25) is 0 Å². The van der Waals surface area contributed by atoms with Gasteiger partial charge in [-0.15, -0.1) is 11.3 Å². The molecule has 0 aliphatic carbocycles. The van der Waals surface area contributed by atoms with Crippen LogP contribution in [0.1, 0.15) is 18.5 Å². The Hall–Kier alpha value is -3.52. The van der Waals surface area contributed by atoms with E-state index < -0.39 is 6.09 Å². The highest BCUT2D eigenvalue weighted by atomic mass is 32.1. The Morgan fingerprint density at radius 3 is 2.73 bits per heavy atom. The molecular weight excluding hydrogens is 434 g/mol. The van der Waals surface area contributed by atoms with Crippen LogP contribution in [-0.4, -0.2) is 50.7 Å².